The lowest BCUT2D eigenvalue weighted by Crippen LogP contribution is -2.62. The molecule has 410 valence electrons. The molecule has 2 fully saturated rings. The van der Waals surface area contributed by atoms with Gasteiger partial charge < -0.3 is 41.5 Å². The van der Waals surface area contributed by atoms with Crippen LogP contribution in [0.2, 0.25) is 0 Å². The van der Waals surface area contributed by atoms with Crippen molar-refractivity contribution in [3.63, 3.8) is 0 Å². The Kier molecular flexibility index (Phi) is 16.1. The molecule has 7 aromatic rings. The number of rotatable bonds is 8. The molecule has 0 saturated carbocycles. The number of esters is 1. The molecule has 10 rings (SSSR count). The van der Waals surface area contributed by atoms with Gasteiger partial charge in [0.05, 0.1) is 36.8 Å². The molecule has 79 heavy (non-hydrogen) atoms. The fourth-order valence-corrected chi connectivity index (χ4v) is 14.3. The average molecular weight is 1180 g/mol. The van der Waals surface area contributed by atoms with Gasteiger partial charge in [0.25, 0.3) is 17.7 Å². The fourth-order valence-electron chi connectivity index (χ4n) is 8.88. The number of amides is 7. The number of piperazine rings is 1. The average Bonchev–Trinajstić information content (AvgIpc) is 4.39. The predicted octanol–water partition coefficient (Wildman–Crippen LogP) is 5.73. The summed E-state index contributed by atoms with van der Waals surface area (Å²) < 4.78 is 5.50. The van der Waals surface area contributed by atoms with E-state index in [2.05, 4.69) is 46.9 Å². The topological polar surface area (TPSA) is 311 Å². The summed E-state index contributed by atoms with van der Waals surface area (Å²) in [7, 11) is 1.47. The van der Waals surface area contributed by atoms with Crippen molar-refractivity contribution in [3.8, 4) is 43.4 Å². The van der Waals surface area contributed by atoms with Crippen LogP contribution in [0.4, 0.5) is 0 Å². The van der Waals surface area contributed by atoms with Crippen LogP contribution in [-0.4, -0.2) is 126 Å². The number of carbonyl (C=O) groups excluding carboxylic acids is 8. The molecule has 0 aliphatic carbocycles. The molecule has 0 aromatic carbocycles. The number of nitrogens with one attached hydrogen (secondary N) is 6. The number of carbonyl (C=O) groups is 8. The first-order valence-electron chi connectivity index (χ1n) is 24.9. The number of nitrogens with zero attached hydrogens (tertiary/aromatic N) is 8. The maximum Gasteiger partial charge on any atom is 0.357 e. The van der Waals surface area contributed by atoms with Crippen LogP contribution in [0.1, 0.15) is 127 Å². The molecule has 3 aliphatic rings. The molecule has 0 radical (unpaired) electrons. The van der Waals surface area contributed by atoms with Gasteiger partial charge >= 0.3 is 5.97 Å². The van der Waals surface area contributed by atoms with Crippen LogP contribution < -0.4 is 31.9 Å². The Balaban J connectivity index is 0.983. The summed E-state index contributed by atoms with van der Waals surface area (Å²) in [5, 5.41) is 27.8. The van der Waals surface area contributed by atoms with E-state index in [0.717, 1.165) is 29.1 Å². The minimum Gasteiger partial charge on any atom is -0.458 e. The maximum atomic E-state index is 14.2. The summed E-state index contributed by atoms with van der Waals surface area (Å²) in [5.41, 5.74) is 2.35. The minimum absolute atomic E-state index is 0.0296. The summed E-state index contributed by atoms with van der Waals surface area (Å²) in [5.74, 6) is -4.20. The van der Waals surface area contributed by atoms with E-state index < -0.39 is 65.7 Å². The van der Waals surface area contributed by atoms with Crippen LogP contribution in [0.5, 0.6) is 0 Å². The van der Waals surface area contributed by atoms with E-state index in [1.54, 1.807) is 35.2 Å². The summed E-state index contributed by atoms with van der Waals surface area (Å²) >= 11 is 7.30. The Morgan fingerprint density at radius 2 is 1.33 bits per heavy atom. The highest BCUT2D eigenvalue weighted by Crippen LogP contribution is 2.39. The zero-order chi connectivity index (χ0) is 55.8. The quantitative estimate of drug-likeness (QED) is 0.0989. The highest BCUT2D eigenvalue weighted by Gasteiger charge is 2.43. The maximum absolute atomic E-state index is 14.2. The van der Waals surface area contributed by atoms with Crippen molar-refractivity contribution in [2.75, 3.05) is 26.7 Å². The first-order valence-corrected chi connectivity index (χ1v) is 30.1. The molecule has 10 heterocycles. The number of aryl methyl sites for hydroxylation is 1. The lowest BCUT2D eigenvalue weighted by Gasteiger charge is -2.34. The second-order valence-electron chi connectivity index (χ2n) is 19.2. The van der Waals surface area contributed by atoms with Crippen molar-refractivity contribution in [1.82, 2.24) is 71.7 Å². The van der Waals surface area contributed by atoms with E-state index in [1.807, 2.05) is 33.1 Å². The first-order chi connectivity index (χ1) is 37.9. The third kappa shape index (κ3) is 11.7. The molecule has 3 aliphatic heterocycles. The zero-order valence-corrected chi connectivity index (χ0v) is 47.9. The second kappa shape index (κ2) is 23.2. The predicted molar refractivity (Wildman–Crippen MR) is 297 cm³/mol. The van der Waals surface area contributed by atoms with Crippen molar-refractivity contribution < 1.29 is 43.1 Å². The Morgan fingerprint density at radius 1 is 0.671 bits per heavy atom. The molecule has 6 N–H and O–H groups in total. The van der Waals surface area contributed by atoms with Gasteiger partial charge in [-0.3, -0.25) is 33.6 Å². The third-order valence-corrected chi connectivity index (χ3v) is 18.6. The number of fused-ring (bicyclic) bond motifs is 15. The van der Waals surface area contributed by atoms with Crippen molar-refractivity contribution in [1.29, 1.82) is 0 Å². The van der Waals surface area contributed by atoms with Gasteiger partial charge in [0.1, 0.15) is 82.9 Å². The summed E-state index contributed by atoms with van der Waals surface area (Å²) in [4.78, 5) is 143. The van der Waals surface area contributed by atoms with Crippen molar-refractivity contribution in [2.24, 2.45) is 11.8 Å². The van der Waals surface area contributed by atoms with E-state index in [1.165, 1.54) is 62.7 Å². The Morgan fingerprint density at radius 3 is 2.09 bits per heavy atom. The van der Waals surface area contributed by atoms with Gasteiger partial charge in [0, 0.05) is 50.9 Å². The van der Waals surface area contributed by atoms with Crippen LogP contribution >= 0.6 is 68.0 Å². The fraction of sp³-hybridized carbons (Fsp3) is 0.380. The van der Waals surface area contributed by atoms with Crippen LogP contribution in [0.25, 0.3) is 43.4 Å². The van der Waals surface area contributed by atoms with Crippen LogP contribution in [0, 0.1) is 18.8 Å². The van der Waals surface area contributed by atoms with E-state index in [0.29, 0.717) is 76.2 Å². The summed E-state index contributed by atoms with van der Waals surface area (Å²) in [6.45, 7) is 9.15. The molecule has 10 bridgehead atoms. The molecule has 2 saturated heterocycles. The van der Waals surface area contributed by atoms with Gasteiger partial charge in [0.15, 0.2) is 5.69 Å². The number of pyridine rings is 1. The lowest BCUT2D eigenvalue weighted by atomic mass is 10.0. The molecule has 29 heteroatoms. The number of aromatic nitrogens is 7. The normalized spacial score (nSPS) is 20.0. The van der Waals surface area contributed by atoms with Gasteiger partial charge in [-0.05, 0) is 43.7 Å². The molecular formula is C50H50N14O9S6. The van der Waals surface area contributed by atoms with Gasteiger partial charge in [-0.25, -0.2) is 39.7 Å². The molecule has 23 nitrogen and oxygen atoms in total. The van der Waals surface area contributed by atoms with E-state index in [-0.39, 0.29) is 66.0 Å². The van der Waals surface area contributed by atoms with Crippen LogP contribution in [-0.2, 0) is 23.9 Å². The zero-order valence-electron chi connectivity index (χ0n) is 43.0. The SMILES string of the molecule is CNC(=O)CC1NC(=O)c2csc(n2)-c2ccc(-c3nc(C(=O)OC[C@@H]4NC(=O)[C@@H]5CCCN5C4=O)cs3)nc2-c2csc(n2)-c2csc(n2)C(C(C)C)NC(=O)CNC(=O)c2csc(n2)C(C(C)C)NC(=O)c2nc1sc2C. The Labute approximate surface area is 474 Å². The van der Waals surface area contributed by atoms with Gasteiger partial charge in [-0.15, -0.1) is 68.0 Å². The van der Waals surface area contributed by atoms with Crippen molar-refractivity contribution in [2.45, 2.75) is 84.1 Å². The molecule has 5 atom stereocenters. The van der Waals surface area contributed by atoms with E-state index in [9.17, 15) is 38.4 Å². The Bertz CT molecular complexity index is 3540. The number of hydrogen-bond acceptors (Lipinski definition) is 22. The van der Waals surface area contributed by atoms with E-state index in [4.69, 9.17) is 24.7 Å². The summed E-state index contributed by atoms with van der Waals surface area (Å²) in [6.07, 6.45) is 1.10. The van der Waals surface area contributed by atoms with Crippen LogP contribution in [0.3, 0.4) is 0 Å². The minimum atomic E-state index is -1.01. The number of thiazole rings is 6. The lowest BCUT2D eigenvalue weighted by molar-refractivity contribution is -0.148. The molecule has 0 spiro atoms. The van der Waals surface area contributed by atoms with Crippen LogP contribution in [0.15, 0.2) is 39.0 Å². The van der Waals surface area contributed by atoms with Crippen molar-refractivity contribution in [3.05, 3.63) is 81.7 Å². The smallest absolute Gasteiger partial charge is 0.357 e. The third-order valence-electron chi connectivity index (χ3n) is 13.0. The largest absolute Gasteiger partial charge is 0.458 e. The Hall–Kier alpha value is -7.31. The molecule has 3 unspecified atom stereocenters. The van der Waals surface area contributed by atoms with Gasteiger partial charge in [0.2, 0.25) is 23.6 Å². The molecule has 7 amide bonds. The van der Waals surface area contributed by atoms with E-state index >= 15 is 0 Å². The standard InChI is InChI=1S/C50H50N14O9S6/c1-20(2)35-47-59-30(18-78-47)45-56-27(15-75-45)38-23(9-10-24(53-38)44-60-31(19-76-44)50(72)73-14-26-49(71)64-11-7-8-32(64)41(69)55-26)43-57-29(17-74-43)40(68)54-25(12-33(65)51-6)46-63-37(22(5)79-46)42(70)62-36(21(3)4)48-58-28(16-77-48)39(67)52-13-34(66)61-35/h9-10,15-21,25-26,32,35-36H,7-8,11-14H2,1-6H3,(H,51,65)(H,52,67)(H,54,68)(H,55,69)(H,61,66)(H,62,70)/t25?,26-,32-,35?,36?/m0/s1. The highest BCUT2D eigenvalue weighted by atomic mass is 32.1. The second-order valence-corrected chi connectivity index (χ2v) is 24.8. The number of ether oxygens (including phenoxy) is 1. The van der Waals surface area contributed by atoms with Gasteiger partial charge in [-0.1, -0.05) is 27.7 Å². The van der Waals surface area contributed by atoms with Crippen molar-refractivity contribution >= 4 is 115 Å². The van der Waals surface area contributed by atoms with Gasteiger partial charge in [-0.2, -0.15) is 0 Å². The highest BCUT2D eigenvalue weighted by molar-refractivity contribution is 7.15. The number of hydrogen-bond donors (Lipinski definition) is 6. The molecular weight excluding hydrogens is 1130 g/mol. The monoisotopic (exact) mass is 1180 g/mol. The summed E-state index contributed by atoms with van der Waals surface area (Å²) in [6, 6.07) is -0.180. The first kappa shape index (κ1) is 55.0. The molecule has 7 aromatic heterocycles.